The van der Waals surface area contributed by atoms with Crippen molar-refractivity contribution in [2.45, 2.75) is 17.4 Å². The van der Waals surface area contributed by atoms with E-state index in [4.69, 9.17) is 10.8 Å². The van der Waals surface area contributed by atoms with Crippen LogP contribution in [0.5, 0.6) is 0 Å². The Hall–Kier alpha value is -1.86. The summed E-state index contributed by atoms with van der Waals surface area (Å²) in [6.45, 7) is 0. The first-order chi connectivity index (χ1) is 8.79. The zero-order valence-corrected chi connectivity index (χ0v) is 11.1. The molecule has 0 bridgehead atoms. The first-order valence-corrected chi connectivity index (χ1v) is 7.46. The van der Waals surface area contributed by atoms with Gasteiger partial charge in [-0.25, -0.2) is 8.42 Å². The van der Waals surface area contributed by atoms with E-state index in [0.717, 1.165) is 11.8 Å². The number of carbonyl (C=O) groups is 1. The molecule has 0 aliphatic rings. The second-order valence-corrected chi connectivity index (χ2v) is 6.46. The second kappa shape index (κ2) is 4.67. The summed E-state index contributed by atoms with van der Waals surface area (Å²) >= 11 is 0. The van der Waals surface area contributed by atoms with E-state index < -0.39 is 21.8 Å². The monoisotopic (exact) mass is 282 g/mol. The van der Waals surface area contributed by atoms with Gasteiger partial charge < -0.3 is 15.8 Å². The Kier molecular flexibility index (Phi) is 3.34. The number of nitrogens with two attached hydrogens (primary N) is 1. The molecule has 1 atom stereocenters. The van der Waals surface area contributed by atoms with Crippen LogP contribution in [-0.4, -0.2) is 36.8 Å². The summed E-state index contributed by atoms with van der Waals surface area (Å²) in [5.41, 5.74) is 6.93. The van der Waals surface area contributed by atoms with E-state index in [0.29, 0.717) is 10.9 Å². The number of nitrogens with one attached hydrogen (secondary N) is 1. The summed E-state index contributed by atoms with van der Waals surface area (Å²) in [7, 11) is -3.30. The Labute approximate surface area is 110 Å². The average molecular weight is 282 g/mol. The number of H-pyrrole nitrogens is 1. The third-order valence-corrected chi connectivity index (χ3v) is 4.03. The second-order valence-electron chi connectivity index (χ2n) is 4.44. The van der Waals surface area contributed by atoms with Gasteiger partial charge in [-0.2, -0.15) is 0 Å². The minimum atomic E-state index is -3.30. The summed E-state index contributed by atoms with van der Waals surface area (Å²) in [5, 5.41) is 9.49. The van der Waals surface area contributed by atoms with Crippen molar-refractivity contribution in [1.82, 2.24) is 4.98 Å². The van der Waals surface area contributed by atoms with Gasteiger partial charge in [-0.15, -0.1) is 0 Å². The van der Waals surface area contributed by atoms with Gasteiger partial charge in [0.05, 0.1) is 4.90 Å². The lowest BCUT2D eigenvalue weighted by Gasteiger charge is -2.05. The van der Waals surface area contributed by atoms with E-state index >= 15 is 0 Å². The summed E-state index contributed by atoms with van der Waals surface area (Å²) in [6, 6.07) is 3.68. The highest BCUT2D eigenvalue weighted by molar-refractivity contribution is 7.90. The zero-order chi connectivity index (χ0) is 14.2. The van der Waals surface area contributed by atoms with Crippen molar-refractivity contribution < 1.29 is 18.3 Å². The highest BCUT2D eigenvalue weighted by Gasteiger charge is 2.16. The molecule has 4 N–H and O–H groups in total. The molecule has 1 unspecified atom stereocenters. The van der Waals surface area contributed by atoms with E-state index in [1.165, 1.54) is 12.1 Å². The first-order valence-electron chi connectivity index (χ1n) is 5.57. The predicted molar refractivity (Wildman–Crippen MR) is 70.7 cm³/mol. The molecule has 1 heterocycles. The van der Waals surface area contributed by atoms with E-state index in [1.54, 1.807) is 12.3 Å². The highest BCUT2D eigenvalue weighted by atomic mass is 32.2. The van der Waals surface area contributed by atoms with Gasteiger partial charge in [-0.3, -0.25) is 4.79 Å². The molecule has 102 valence electrons. The van der Waals surface area contributed by atoms with Gasteiger partial charge in [0.2, 0.25) is 0 Å². The first kappa shape index (κ1) is 13.6. The molecular formula is C12H14N2O4S. The fraction of sp³-hybridized carbons (Fsp3) is 0.250. The van der Waals surface area contributed by atoms with Crippen LogP contribution in [0.4, 0.5) is 0 Å². The number of benzene rings is 1. The average Bonchev–Trinajstić information content (AvgIpc) is 2.70. The summed E-state index contributed by atoms with van der Waals surface area (Å²) < 4.78 is 23.0. The number of hydrogen-bond acceptors (Lipinski definition) is 4. The van der Waals surface area contributed by atoms with Crippen LogP contribution >= 0.6 is 0 Å². The zero-order valence-electron chi connectivity index (χ0n) is 10.3. The molecule has 0 spiro atoms. The van der Waals surface area contributed by atoms with Gasteiger partial charge in [0.25, 0.3) is 0 Å². The van der Waals surface area contributed by atoms with E-state index in [2.05, 4.69) is 4.98 Å². The quantitative estimate of drug-likeness (QED) is 0.756. The van der Waals surface area contributed by atoms with Gasteiger partial charge in [0.15, 0.2) is 9.84 Å². The molecule has 2 aromatic rings. The molecule has 0 radical (unpaired) electrons. The Morgan fingerprint density at radius 1 is 1.47 bits per heavy atom. The van der Waals surface area contributed by atoms with Crippen molar-refractivity contribution >= 4 is 26.7 Å². The molecule has 0 saturated carbocycles. The van der Waals surface area contributed by atoms with Crippen LogP contribution < -0.4 is 5.73 Å². The van der Waals surface area contributed by atoms with E-state index in [9.17, 15) is 13.2 Å². The highest BCUT2D eigenvalue weighted by Crippen LogP contribution is 2.23. The third-order valence-electron chi connectivity index (χ3n) is 2.92. The molecular weight excluding hydrogens is 268 g/mol. The number of aromatic nitrogens is 1. The lowest BCUT2D eigenvalue weighted by Crippen LogP contribution is -2.32. The van der Waals surface area contributed by atoms with Crippen LogP contribution in [-0.2, 0) is 21.1 Å². The third kappa shape index (κ3) is 2.77. The number of carboxylic acids is 1. The Morgan fingerprint density at radius 2 is 2.16 bits per heavy atom. The number of carboxylic acid groups (broad SMARTS) is 1. The summed E-state index contributed by atoms with van der Waals surface area (Å²) in [4.78, 5) is 13.9. The fourth-order valence-electron chi connectivity index (χ4n) is 1.88. The van der Waals surface area contributed by atoms with Gasteiger partial charge in [0.1, 0.15) is 6.04 Å². The largest absolute Gasteiger partial charge is 0.480 e. The summed E-state index contributed by atoms with van der Waals surface area (Å²) in [6.07, 6.45) is 2.92. The number of aromatic amines is 1. The number of aliphatic carboxylic acids is 1. The number of fused-ring (bicyclic) bond motifs is 1. The normalized spacial score (nSPS) is 13.6. The maximum atomic E-state index is 11.5. The van der Waals surface area contributed by atoms with Crippen molar-refractivity contribution in [3.05, 3.63) is 30.0 Å². The van der Waals surface area contributed by atoms with Crippen LogP contribution in [0.1, 0.15) is 5.56 Å². The van der Waals surface area contributed by atoms with Gasteiger partial charge in [-0.05, 0) is 23.8 Å². The maximum Gasteiger partial charge on any atom is 0.320 e. The Bertz CT molecular complexity index is 733. The standard InChI is InChI=1S/C12H14N2O4S/c1-19(17,18)8-2-3-11-9(5-8)7(6-14-11)4-10(13)12(15)16/h2-3,5-6,10,14H,4,13H2,1H3,(H,15,16). The maximum absolute atomic E-state index is 11.5. The van der Waals surface area contributed by atoms with Crippen molar-refractivity contribution in [2.24, 2.45) is 5.73 Å². The number of rotatable bonds is 4. The van der Waals surface area contributed by atoms with Gasteiger partial charge >= 0.3 is 5.97 Å². The van der Waals surface area contributed by atoms with Crippen LogP contribution in [0.25, 0.3) is 10.9 Å². The van der Waals surface area contributed by atoms with Crippen molar-refractivity contribution in [1.29, 1.82) is 0 Å². The Balaban J connectivity index is 2.49. The van der Waals surface area contributed by atoms with Gasteiger partial charge in [-0.1, -0.05) is 0 Å². The minimum absolute atomic E-state index is 0.141. The molecule has 7 heteroatoms. The number of sulfone groups is 1. The molecule has 0 fully saturated rings. The van der Waals surface area contributed by atoms with Crippen LogP contribution in [0.15, 0.2) is 29.3 Å². The fourth-order valence-corrected chi connectivity index (χ4v) is 2.53. The molecule has 2 rings (SSSR count). The van der Waals surface area contributed by atoms with Crippen LogP contribution in [0.2, 0.25) is 0 Å². The topological polar surface area (TPSA) is 113 Å². The number of hydrogen-bond donors (Lipinski definition) is 3. The smallest absolute Gasteiger partial charge is 0.320 e. The molecule has 0 saturated heterocycles. The molecule has 0 aliphatic carbocycles. The van der Waals surface area contributed by atoms with Crippen molar-refractivity contribution in [2.75, 3.05) is 6.26 Å². The molecule has 0 aliphatic heterocycles. The minimum Gasteiger partial charge on any atom is -0.480 e. The molecule has 1 aromatic carbocycles. The SMILES string of the molecule is CS(=O)(=O)c1ccc2[nH]cc(CC(N)C(=O)O)c2c1. The van der Waals surface area contributed by atoms with Crippen LogP contribution in [0.3, 0.4) is 0 Å². The lowest BCUT2D eigenvalue weighted by atomic mass is 10.1. The Morgan fingerprint density at radius 3 is 2.74 bits per heavy atom. The van der Waals surface area contributed by atoms with E-state index in [1.807, 2.05) is 0 Å². The van der Waals surface area contributed by atoms with E-state index in [-0.39, 0.29) is 11.3 Å². The summed E-state index contributed by atoms with van der Waals surface area (Å²) in [5.74, 6) is -1.09. The molecule has 0 amide bonds. The van der Waals surface area contributed by atoms with Crippen molar-refractivity contribution in [3.63, 3.8) is 0 Å². The van der Waals surface area contributed by atoms with Crippen molar-refractivity contribution in [3.8, 4) is 0 Å². The van der Waals surface area contributed by atoms with Gasteiger partial charge in [0, 0.05) is 29.8 Å². The predicted octanol–water partition coefficient (Wildman–Crippen LogP) is 0.526. The van der Waals surface area contributed by atoms with Crippen LogP contribution in [0, 0.1) is 0 Å². The lowest BCUT2D eigenvalue weighted by molar-refractivity contribution is -0.138. The molecule has 19 heavy (non-hydrogen) atoms. The molecule has 6 nitrogen and oxygen atoms in total. The molecule has 1 aromatic heterocycles.